The minimum absolute atomic E-state index is 0.632. The zero-order chi connectivity index (χ0) is 57.0. The summed E-state index contributed by atoms with van der Waals surface area (Å²) in [7, 11) is 0. The molecule has 9 aromatic carbocycles. The van der Waals surface area contributed by atoms with Gasteiger partial charge in [-0.3, -0.25) is 0 Å². The molecule has 402 valence electrons. The van der Waals surface area contributed by atoms with Crippen LogP contribution in [0.2, 0.25) is 0 Å². The summed E-state index contributed by atoms with van der Waals surface area (Å²) in [4.78, 5) is 15.1. The molecule has 12 rings (SSSR count). The van der Waals surface area contributed by atoms with E-state index in [-0.39, 0.29) is 0 Å². The lowest BCUT2D eigenvalue weighted by atomic mass is 10.0. The highest BCUT2D eigenvalue weighted by atomic mass is 15.0. The zero-order valence-corrected chi connectivity index (χ0v) is 48.4. The van der Waals surface area contributed by atoms with E-state index in [0.717, 1.165) is 62.5 Å². The van der Waals surface area contributed by atoms with Crippen molar-refractivity contribution >= 4 is 49.3 Å². The second kappa shape index (κ2) is 28.8. The highest BCUT2D eigenvalue weighted by molar-refractivity contribution is 6.12. The van der Waals surface area contributed by atoms with E-state index in [2.05, 4.69) is 243 Å². The van der Waals surface area contributed by atoms with E-state index in [4.69, 9.17) is 15.0 Å². The topological polar surface area (TPSA) is 60.6 Å². The van der Waals surface area contributed by atoms with Crippen LogP contribution in [0, 0.1) is 13.8 Å². The molecule has 0 fully saturated rings. The van der Waals surface area contributed by atoms with Gasteiger partial charge in [-0.1, -0.05) is 230 Å². The van der Waals surface area contributed by atoms with Crippen molar-refractivity contribution in [2.75, 3.05) is 5.32 Å². The Hall–Kier alpha value is -9.39. The normalized spacial score (nSPS) is 10.5. The predicted octanol–water partition coefficient (Wildman–Crippen LogP) is 21.2. The number of aromatic nitrogens is 5. The Kier molecular flexibility index (Phi) is 21.0. The first-order valence-corrected chi connectivity index (χ1v) is 28.2. The van der Waals surface area contributed by atoms with Crippen LogP contribution in [0.1, 0.15) is 72.9 Å². The van der Waals surface area contributed by atoms with Gasteiger partial charge in [0.05, 0.1) is 22.1 Å². The average Bonchev–Trinajstić information content (AvgIpc) is 4.11. The maximum atomic E-state index is 5.08. The van der Waals surface area contributed by atoms with Crippen LogP contribution in [0.3, 0.4) is 0 Å². The molecule has 0 atom stereocenters. The predicted molar refractivity (Wildman–Crippen MR) is 348 cm³/mol. The second-order valence-corrected chi connectivity index (χ2v) is 18.3. The van der Waals surface area contributed by atoms with Crippen LogP contribution in [0.15, 0.2) is 255 Å². The fourth-order valence-corrected chi connectivity index (χ4v) is 9.40. The highest BCUT2D eigenvalue weighted by Gasteiger charge is 2.18. The number of rotatable bonds is 10. The Morgan fingerprint density at radius 1 is 0.425 bits per heavy atom. The Balaban J connectivity index is 0.000000360. The molecule has 6 heteroatoms. The van der Waals surface area contributed by atoms with Gasteiger partial charge in [-0.2, -0.15) is 0 Å². The molecule has 0 amide bonds. The standard InChI is InChI=1S/C53H37N5.C12H15N.C3H6.3C2H6/c1-34-19-23-36(24-20-34)51-54-52(37-25-21-35(2)22-26-37)56-53(55-51)40-11-10-14-42(31-40)58-47-17-8-6-15-43(47)45-29-27-39(33-50(45)58)38-28-30-49-46(32-38)44-16-7-9-18-48(44)57(49)41-12-4-3-5-13-41;1-3-4-8-11(2)13-12-9-6-5-7-10-12;1-3-2;3*1-2/h3-33H,1-2H3;4-10,13H,2-3H2,1H3;3H,1H2,2H3;3*1-2H3/b;8-4-;;;;. The third kappa shape index (κ3) is 13.5. The number of nitrogens with zero attached hydrogens (tertiary/aromatic N) is 5. The summed E-state index contributed by atoms with van der Waals surface area (Å²) in [6.45, 7) is 27.4. The number of benzene rings is 9. The molecule has 0 aliphatic carbocycles. The third-order valence-electron chi connectivity index (χ3n) is 12.9. The van der Waals surface area contributed by atoms with Gasteiger partial charge in [-0.15, -0.1) is 6.58 Å². The molecule has 1 N–H and O–H groups in total. The van der Waals surface area contributed by atoms with Crippen LogP contribution in [0.4, 0.5) is 5.69 Å². The molecule has 12 aromatic rings. The summed E-state index contributed by atoms with van der Waals surface area (Å²) in [5.74, 6) is 1.93. The average molecular weight is 1050 g/mol. The Morgan fingerprint density at radius 2 is 0.850 bits per heavy atom. The van der Waals surface area contributed by atoms with E-state index in [1.54, 1.807) is 6.08 Å². The van der Waals surface area contributed by atoms with Crippen molar-refractivity contribution in [1.82, 2.24) is 24.1 Å². The largest absolute Gasteiger partial charge is 0.356 e. The van der Waals surface area contributed by atoms with Crippen molar-refractivity contribution in [3.05, 3.63) is 267 Å². The smallest absolute Gasteiger partial charge is 0.164 e. The van der Waals surface area contributed by atoms with Gasteiger partial charge in [-0.05, 0) is 111 Å². The van der Waals surface area contributed by atoms with Crippen LogP contribution in [0.5, 0.6) is 0 Å². The van der Waals surface area contributed by atoms with Crippen LogP contribution in [-0.2, 0) is 0 Å². The molecule has 80 heavy (non-hydrogen) atoms. The van der Waals surface area contributed by atoms with Crippen molar-refractivity contribution in [2.24, 2.45) is 0 Å². The SMILES string of the molecule is C=C(/C=C\CC)Nc1ccccc1.C=CC.CC.CC.CC.Cc1ccc(-c2nc(-c3ccc(C)cc3)nc(-c3cccc(-n4c5ccccc5c5ccc(-c6ccc7c(c6)c6ccccc6n7-c6ccccc6)cc54)c3)n2)cc1. The molecule has 0 aliphatic heterocycles. The highest BCUT2D eigenvalue weighted by Crippen LogP contribution is 2.39. The molecule has 0 bridgehead atoms. The van der Waals surface area contributed by atoms with E-state index in [0.29, 0.717) is 17.5 Å². The number of anilines is 1. The van der Waals surface area contributed by atoms with Gasteiger partial charge in [0.25, 0.3) is 0 Å². The van der Waals surface area contributed by atoms with E-state index >= 15 is 0 Å². The maximum Gasteiger partial charge on any atom is 0.164 e. The molecule has 0 aliphatic rings. The van der Waals surface area contributed by atoms with Gasteiger partial charge in [0.15, 0.2) is 17.5 Å². The number of hydrogen-bond donors (Lipinski definition) is 1. The lowest BCUT2D eigenvalue weighted by Gasteiger charge is -2.12. The first-order valence-electron chi connectivity index (χ1n) is 28.2. The van der Waals surface area contributed by atoms with Crippen molar-refractivity contribution in [3.63, 3.8) is 0 Å². The second-order valence-electron chi connectivity index (χ2n) is 18.3. The Labute approximate surface area is 475 Å². The number of aryl methyl sites for hydroxylation is 2. The van der Waals surface area contributed by atoms with Gasteiger partial charge >= 0.3 is 0 Å². The molecular weight excluding hydrogens is 973 g/mol. The fourth-order valence-electron chi connectivity index (χ4n) is 9.40. The molecule has 6 nitrogen and oxygen atoms in total. The van der Waals surface area contributed by atoms with Crippen molar-refractivity contribution in [2.45, 2.75) is 75.7 Å². The quantitative estimate of drug-likeness (QED) is 0.110. The number of hydrogen-bond acceptors (Lipinski definition) is 4. The number of nitrogens with one attached hydrogen (secondary N) is 1. The fraction of sp³-hybridized carbons (Fsp3) is 0.149. The van der Waals surface area contributed by atoms with Gasteiger partial charge < -0.3 is 14.5 Å². The Morgan fingerprint density at radius 3 is 1.41 bits per heavy atom. The van der Waals surface area contributed by atoms with Crippen LogP contribution < -0.4 is 5.32 Å². The minimum atomic E-state index is 0.632. The molecule has 0 unspecified atom stereocenters. The van der Waals surface area contributed by atoms with Gasteiger partial charge in [0.2, 0.25) is 0 Å². The summed E-state index contributed by atoms with van der Waals surface area (Å²) in [6, 6.07) is 77.1. The van der Waals surface area contributed by atoms with Gasteiger partial charge in [0, 0.05) is 61.0 Å². The number of allylic oxidation sites excluding steroid dienone is 3. The summed E-state index contributed by atoms with van der Waals surface area (Å²) in [5, 5.41) is 8.08. The molecular formula is C74H76N6. The van der Waals surface area contributed by atoms with Gasteiger partial charge in [-0.25, -0.2) is 15.0 Å². The lowest BCUT2D eigenvalue weighted by Crippen LogP contribution is -2.01. The van der Waals surface area contributed by atoms with E-state index in [1.807, 2.05) is 84.9 Å². The number of fused-ring (bicyclic) bond motifs is 6. The zero-order valence-electron chi connectivity index (χ0n) is 48.4. The third-order valence-corrected chi connectivity index (χ3v) is 12.9. The van der Waals surface area contributed by atoms with E-state index in [1.165, 1.54) is 49.3 Å². The summed E-state index contributed by atoms with van der Waals surface area (Å²) in [6.07, 6.45) is 6.86. The molecule has 0 radical (unpaired) electrons. The first-order chi connectivity index (χ1) is 39.3. The van der Waals surface area contributed by atoms with Crippen molar-refractivity contribution in [1.29, 1.82) is 0 Å². The lowest BCUT2D eigenvalue weighted by molar-refractivity contribution is 1.07. The monoisotopic (exact) mass is 1050 g/mol. The van der Waals surface area contributed by atoms with Crippen molar-refractivity contribution < 1.29 is 0 Å². The van der Waals surface area contributed by atoms with Gasteiger partial charge in [0.1, 0.15) is 0 Å². The van der Waals surface area contributed by atoms with Crippen LogP contribution in [0.25, 0.3) is 100 Å². The molecule has 0 saturated carbocycles. The Bertz CT molecular complexity index is 3890. The first kappa shape index (κ1) is 58.3. The van der Waals surface area contributed by atoms with Crippen molar-refractivity contribution in [3.8, 4) is 56.7 Å². The van der Waals surface area contributed by atoms with E-state index < -0.39 is 0 Å². The summed E-state index contributed by atoms with van der Waals surface area (Å²) < 4.78 is 4.74. The summed E-state index contributed by atoms with van der Waals surface area (Å²) in [5.41, 5.74) is 16.4. The maximum absolute atomic E-state index is 5.08. The molecule has 3 heterocycles. The molecule has 3 aromatic heterocycles. The van der Waals surface area contributed by atoms with Crippen LogP contribution in [-0.4, -0.2) is 24.1 Å². The minimum Gasteiger partial charge on any atom is -0.356 e. The summed E-state index contributed by atoms with van der Waals surface area (Å²) >= 11 is 0. The van der Waals surface area contributed by atoms with Crippen LogP contribution >= 0.6 is 0 Å². The molecule has 0 saturated heterocycles. The van der Waals surface area contributed by atoms with E-state index in [9.17, 15) is 0 Å². The molecule has 0 spiro atoms. The number of para-hydroxylation sites is 4.